The van der Waals surface area contributed by atoms with Gasteiger partial charge in [-0.15, -0.1) is 5.10 Å². The van der Waals surface area contributed by atoms with E-state index in [0.717, 1.165) is 16.5 Å². The molecule has 1 N–H and O–H groups in total. The van der Waals surface area contributed by atoms with Gasteiger partial charge in [-0.25, -0.2) is 14.3 Å². The monoisotopic (exact) mass is 292 g/mol. The molecular weight excluding hydrogens is 280 g/mol. The number of aromatic nitrogens is 3. The van der Waals surface area contributed by atoms with Gasteiger partial charge in [-0.3, -0.25) is 0 Å². The van der Waals surface area contributed by atoms with Crippen LogP contribution in [-0.2, 0) is 6.54 Å². The zero-order valence-corrected chi connectivity index (χ0v) is 11.7. The largest absolute Gasteiger partial charge is 0.476 e. The molecule has 0 saturated carbocycles. The van der Waals surface area contributed by atoms with E-state index < -0.39 is 5.97 Å². The number of carboxylic acids is 1. The highest BCUT2D eigenvalue weighted by Crippen LogP contribution is 2.26. The summed E-state index contributed by atoms with van der Waals surface area (Å²) in [6, 6.07) is 1.91. The molecule has 0 aliphatic carbocycles. The fourth-order valence-corrected chi connectivity index (χ4v) is 2.83. The maximum atomic E-state index is 11.0. The lowest BCUT2D eigenvalue weighted by atomic mass is 10.2. The fourth-order valence-electron chi connectivity index (χ4n) is 1.89. The Bertz CT molecular complexity index is 773. The molecule has 0 radical (unpaired) electrons. The van der Waals surface area contributed by atoms with Crippen molar-refractivity contribution in [3.05, 3.63) is 35.7 Å². The molecular formula is C12H12N4O3S. The summed E-state index contributed by atoms with van der Waals surface area (Å²) in [5.41, 5.74) is 1.10. The second-order valence-electron chi connectivity index (χ2n) is 4.39. The molecule has 104 valence electrons. The van der Waals surface area contributed by atoms with Crippen molar-refractivity contribution in [2.45, 2.75) is 13.5 Å². The SMILES string of the molecule is Cc1occc1CN(C)c1nn2cnc(C(=O)O)c2s1. The molecule has 0 fully saturated rings. The van der Waals surface area contributed by atoms with E-state index in [1.165, 1.54) is 22.2 Å². The molecule has 3 aromatic heterocycles. The summed E-state index contributed by atoms with van der Waals surface area (Å²) in [4.78, 5) is 17.3. The molecule has 20 heavy (non-hydrogen) atoms. The molecule has 3 rings (SSSR count). The van der Waals surface area contributed by atoms with Gasteiger partial charge in [0.05, 0.1) is 6.26 Å². The molecule has 0 aliphatic heterocycles. The van der Waals surface area contributed by atoms with Crippen molar-refractivity contribution < 1.29 is 14.3 Å². The smallest absolute Gasteiger partial charge is 0.357 e. The lowest BCUT2D eigenvalue weighted by Gasteiger charge is -2.14. The van der Waals surface area contributed by atoms with Gasteiger partial charge in [0.25, 0.3) is 0 Å². The summed E-state index contributed by atoms with van der Waals surface area (Å²) in [5, 5.41) is 14.1. The summed E-state index contributed by atoms with van der Waals surface area (Å²) in [6.45, 7) is 2.55. The van der Waals surface area contributed by atoms with Crippen LogP contribution in [0.25, 0.3) is 4.83 Å². The van der Waals surface area contributed by atoms with Crippen LogP contribution in [0.15, 0.2) is 23.1 Å². The summed E-state index contributed by atoms with van der Waals surface area (Å²) in [5.74, 6) is -0.177. The molecule has 3 heterocycles. The molecule has 8 heteroatoms. The van der Waals surface area contributed by atoms with Crippen LogP contribution in [0.5, 0.6) is 0 Å². The molecule has 0 unspecified atom stereocenters. The number of aryl methyl sites for hydroxylation is 1. The molecule has 0 aliphatic rings. The van der Waals surface area contributed by atoms with E-state index in [4.69, 9.17) is 9.52 Å². The van der Waals surface area contributed by atoms with E-state index >= 15 is 0 Å². The Balaban J connectivity index is 1.90. The Labute approximate surface area is 118 Å². The minimum atomic E-state index is -1.05. The molecule has 0 spiro atoms. The Morgan fingerprint density at radius 3 is 3.05 bits per heavy atom. The van der Waals surface area contributed by atoms with Crippen LogP contribution < -0.4 is 4.90 Å². The van der Waals surface area contributed by atoms with Gasteiger partial charge in [-0.05, 0) is 13.0 Å². The zero-order chi connectivity index (χ0) is 14.3. The van der Waals surface area contributed by atoms with Crippen LogP contribution in [0.4, 0.5) is 5.13 Å². The van der Waals surface area contributed by atoms with Crippen molar-refractivity contribution in [1.82, 2.24) is 14.6 Å². The lowest BCUT2D eigenvalue weighted by Crippen LogP contribution is -2.16. The zero-order valence-electron chi connectivity index (χ0n) is 10.9. The second kappa shape index (κ2) is 4.64. The van der Waals surface area contributed by atoms with Crippen LogP contribution >= 0.6 is 11.3 Å². The Morgan fingerprint density at radius 1 is 1.60 bits per heavy atom. The number of fused-ring (bicyclic) bond motifs is 1. The fraction of sp³-hybridized carbons (Fsp3) is 0.250. The highest BCUT2D eigenvalue weighted by molar-refractivity contribution is 7.21. The normalized spacial score (nSPS) is 11.1. The lowest BCUT2D eigenvalue weighted by molar-refractivity contribution is 0.0693. The predicted molar refractivity (Wildman–Crippen MR) is 73.4 cm³/mol. The summed E-state index contributed by atoms with van der Waals surface area (Å²) in [7, 11) is 1.90. The molecule has 7 nitrogen and oxygen atoms in total. The van der Waals surface area contributed by atoms with Crippen molar-refractivity contribution >= 4 is 27.3 Å². The minimum Gasteiger partial charge on any atom is -0.476 e. The van der Waals surface area contributed by atoms with Gasteiger partial charge in [0.1, 0.15) is 12.1 Å². The van der Waals surface area contributed by atoms with Crippen LogP contribution in [0, 0.1) is 6.92 Å². The van der Waals surface area contributed by atoms with Gasteiger partial charge in [-0.1, -0.05) is 11.3 Å². The average Bonchev–Trinajstić information content (AvgIpc) is 3.04. The number of hydrogen-bond acceptors (Lipinski definition) is 6. The van der Waals surface area contributed by atoms with Gasteiger partial charge >= 0.3 is 5.97 Å². The number of anilines is 1. The van der Waals surface area contributed by atoms with Crippen molar-refractivity contribution in [1.29, 1.82) is 0 Å². The predicted octanol–water partition coefficient (Wildman–Crippen LogP) is 2.03. The van der Waals surface area contributed by atoms with Gasteiger partial charge in [0, 0.05) is 19.2 Å². The molecule has 0 aromatic carbocycles. The van der Waals surface area contributed by atoms with Gasteiger partial charge in [0.15, 0.2) is 10.5 Å². The first kappa shape index (κ1) is 12.7. The number of rotatable bonds is 4. The number of aromatic carboxylic acids is 1. The Kier molecular flexibility index (Phi) is 2.94. The van der Waals surface area contributed by atoms with E-state index in [1.54, 1.807) is 6.26 Å². The summed E-state index contributed by atoms with van der Waals surface area (Å²) < 4.78 is 6.75. The van der Waals surface area contributed by atoms with E-state index in [1.807, 2.05) is 24.9 Å². The van der Waals surface area contributed by atoms with E-state index in [2.05, 4.69) is 10.1 Å². The Hall–Kier alpha value is -2.35. The molecule has 0 atom stereocenters. The van der Waals surface area contributed by atoms with E-state index in [0.29, 0.717) is 11.4 Å². The Morgan fingerprint density at radius 2 is 2.40 bits per heavy atom. The van der Waals surface area contributed by atoms with E-state index in [-0.39, 0.29) is 5.69 Å². The third-order valence-corrected chi connectivity index (χ3v) is 4.14. The van der Waals surface area contributed by atoms with E-state index in [9.17, 15) is 4.79 Å². The average molecular weight is 292 g/mol. The van der Waals surface area contributed by atoms with Gasteiger partial charge < -0.3 is 14.4 Å². The van der Waals surface area contributed by atoms with Gasteiger partial charge in [-0.2, -0.15) is 0 Å². The first-order valence-electron chi connectivity index (χ1n) is 5.88. The topological polar surface area (TPSA) is 83.9 Å². The number of carbonyl (C=O) groups is 1. The molecule has 0 bridgehead atoms. The van der Waals surface area contributed by atoms with Gasteiger partial charge in [0.2, 0.25) is 5.13 Å². The summed E-state index contributed by atoms with van der Waals surface area (Å²) in [6.07, 6.45) is 3.06. The number of furan rings is 1. The minimum absolute atomic E-state index is 0.0293. The van der Waals surface area contributed by atoms with Crippen molar-refractivity contribution in [2.24, 2.45) is 0 Å². The maximum Gasteiger partial charge on any atom is 0.357 e. The number of imidazole rings is 1. The molecule has 3 aromatic rings. The molecule has 0 amide bonds. The van der Waals surface area contributed by atoms with Crippen molar-refractivity contribution in [3.63, 3.8) is 0 Å². The second-order valence-corrected chi connectivity index (χ2v) is 5.35. The van der Waals surface area contributed by atoms with Crippen molar-refractivity contribution in [2.75, 3.05) is 11.9 Å². The maximum absolute atomic E-state index is 11.0. The first-order valence-corrected chi connectivity index (χ1v) is 6.69. The highest BCUT2D eigenvalue weighted by Gasteiger charge is 2.18. The van der Waals surface area contributed by atoms with Crippen LogP contribution in [0.1, 0.15) is 21.8 Å². The highest BCUT2D eigenvalue weighted by atomic mass is 32.1. The summed E-state index contributed by atoms with van der Waals surface area (Å²) >= 11 is 1.30. The number of hydrogen-bond donors (Lipinski definition) is 1. The molecule has 0 saturated heterocycles. The third-order valence-electron chi connectivity index (χ3n) is 2.99. The number of carboxylic acid groups (broad SMARTS) is 1. The number of nitrogens with zero attached hydrogens (tertiary/aromatic N) is 4. The first-order chi connectivity index (χ1) is 9.56. The van der Waals surface area contributed by atoms with Crippen LogP contribution in [0.2, 0.25) is 0 Å². The van der Waals surface area contributed by atoms with Crippen LogP contribution in [-0.4, -0.2) is 32.7 Å². The van der Waals surface area contributed by atoms with Crippen molar-refractivity contribution in [3.8, 4) is 0 Å². The third kappa shape index (κ3) is 2.03. The quantitative estimate of drug-likeness (QED) is 0.792. The van der Waals surface area contributed by atoms with Crippen LogP contribution in [0.3, 0.4) is 0 Å². The standard InChI is InChI=1S/C12H12N4O3S/c1-7-8(3-4-19-7)5-15(2)12-14-16-6-13-9(11(17)18)10(16)20-12/h3-4,6H,5H2,1-2H3,(H,17,18).